The van der Waals surface area contributed by atoms with E-state index in [-0.39, 0.29) is 12.4 Å². The second-order valence-electron chi connectivity index (χ2n) is 7.46. The van der Waals surface area contributed by atoms with Gasteiger partial charge >= 0.3 is 0 Å². The molecule has 0 aliphatic rings. The number of ether oxygens (including phenoxy) is 2. The average Bonchev–Trinajstić information content (AvgIpc) is 3.09. The zero-order chi connectivity index (χ0) is 22.0. The molecule has 3 aromatic carbocycles. The van der Waals surface area contributed by atoms with Crippen molar-refractivity contribution in [2.75, 3.05) is 14.2 Å². The number of benzene rings is 3. The van der Waals surface area contributed by atoms with Crippen LogP contribution in [-0.4, -0.2) is 29.7 Å². The quantitative estimate of drug-likeness (QED) is 0.443. The van der Waals surface area contributed by atoms with Crippen LogP contribution in [-0.2, 0) is 13.2 Å². The van der Waals surface area contributed by atoms with Crippen molar-refractivity contribution >= 4 is 16.7 Å². The van der Waals surface area contributed by atoms with Crippen molar-refractivity contribution in [2.24, 2.45) is 0 Å². The Hall–Kier alpha value is -3.57. The predicted octanol–water partition coefficient (Wildman–Crippen LogP) is 4.74. The van der Waals surface area contributed by atoms with E-state index in [0.717, 1.165) is 27.7 Å². The molecule has 5 nitrogen and oxygen atoms in total. The van der Waals surface area contributed by atoms with Crippen LogP contribution in [0, 0.1) is 6.92 Å². The number of ketones is 1. The van der Waals surface area contributed by atoms with Gasteiger partial charge in [-0.15, -0.1) is 0 Å². The number of carbonyl (C=O) groups excluding carboxylic acids is 1. The number of fused-ring (bicyclic) bond motifs is 1. The van der Waals surface area contributed by atoms with E-state index in [4.69, 9.17) is 9.47 Å². The number of aliphatic hydroxyl groups excluding tert-OH is 1. The van der Waals surface area contributed by atoms with Crippen molar-refractivity contribution in [3.05, 3.63) is 94.7 Å². The van der Waals surface area contributed by atoms with E-state index in [1.807, 2.05) is 49.4 Å². The van der Waals surface area contributed by atoms with Crippen molar-refractivity contribution < 1.29 is 19.4 Å². The SMILES string of the molecule is COc1ccc(C(=O)c2c(C)n(Cc3ccc(CO)cc3)c3ccc(OC)cc23)cc1. The van der Waals surface area contributed by atoms with Crippen LogP contribution in [0.15, 0.2) is 66.7 Å². The van der Waals surface area contributed by atoms with Crippen molar-refractivity contribution in [2.45, 2.75) is 20.1 Å². The molecule has 5 heteroatoms. The van der Waals surface area contributed by atoms with Gasteiger partial charge in [0.25, 0.3) is 0 Å². The summed E-state index contributed by atoms with van der Waals surface area (Å²) in [7, 11) is 3.23. The molecular weight excluding hydrogens is 390 g/mol. The monoisotopic (exact) mass is 415 g/mol. The predicted molar refractivity (Wildman–Crippen MR) is 121 cm³/mol. The molecule has 0 radical (unpaired) electrons. The van der Waals surface area contributed by atoms with Crippen LogP contribution in [0.5, 0.6) is 11.5 Å². The van der Waals surface area contributed by atoms with E-state index in [2.05, 4.69) is 4.57 Å². The Labute approximate surface area is 181 Å². The van der Waals surface area contributed by atoms with Gasteiger partial charge in [-0.1, -0.05) is 24.3 Å². The first-order valence-corrected chi connectivity index (χ1v) is 10.1. The molecule has 1 heterocycles. The summed E-state index contributed by atoms with van der Waals surface area (Å²) >= 11 is 0. The molecule has 0 aliphatic heterocycles. The first-order valence-electron chi connectivity index (χ1n) is 10.1. The summed E-state index contributed by atoms with van der Waals surface area (Å²) < 4.78 is 12.8. The topological polar surface area (TPSA) is 60.7 Å². The summed E-state index contributed by atoms with van der Waals surface area (Å²) in [6.45, 7) is 2.62. The van der Waals surface area contributed by atoms with Crippen molar-refractivity contribution in [3.8, 4) is 11.5 Å². The van der Waals surface area contributed by atoms with Gasteiger partial charge in [-0.25, -0.2) is 0 Å². The summed E-state index contributed by atoms with van der Waals surface area (Å²) in [5, 5.41) is 10.2. The summed E-state index contributed by atoms with van der Waals surface area (Å²) in [6.07, 6.45) is 0. The van der Waals surface area contributed by atoms with Gasteiger partial charge in [-0.05, 0) is 60.5 Å². The van der Waals surface area contributed by atoms with E-state index in [9.17, 15) is 9.90 Å². The zero-order valence-corrected chi connectivity index (χ0v) is 17.9. The highest BCUT2D eigenvalue weighted by atomic mass is 16.5. The molecule has 0 atom stereocenters. The maximum Gasteiger partial charge on any atom is 0.195 e. The zero-order valence-electron chi connectivity index (χ0n) is 17.9. The molecule has 0 unspecified atom stereocenters. The fraction of sp³-hybridized carbons (Fsp3) is 0.192. The number of rotatable bonds is 7. The van der Waals surface area contributed by atoms with Gasteiger partial charge in [0.2, 0.25) is 0 Å². The van der Waals surface area contributed by atoms with E-state index < -0.39 is 0 Å². The van der Waals surface area contributed by atoms with Crippen LogP contribution in [0.3, 0.4) is 0 Å². The van der Waals surface area contributed by atoms with Crippen LogP contribution >= 0.6 is 0 Å². The molecule has 0 aliphatic carbocycles. The van der Waals surface area contributed by atoms with Crippen molar-refractivity contribution in [1.29, 1.82) is 0 Å². The number of aromatic nitrogens is 1. The molecule has 31 heavy (non-hydrogen) atoms. The lowest BCUT2D eigenvalue weighted by atomic mass is 10.0. The molecule has 0 fully saturated rings. The van der Waals surface area contributed by atoms with E-state index >= 15 is 0 Å². The van der Waals surface area contributed by atoms with Crippen molar-refractivity contribution in [3.63, 3.8) is 0 Å². The Morgan fingerprint density at radius 2 is 1.48 bits per heavy atom. The number of hydrogen-bond donors (Lipinski definition) is 1. The molecule has 0 saturated heterocycles. The van der Waals surface area contributed by atoms with Crippen LogP contribution in [0.25, 0.3) is 10.9 Å². The van der Waals surface area contributed by atoms with Crippen LogP contribution in [0.4, 0.5) is 0 Å². The molecule has 0 bridgehead atoms. The maximum absolute atomic E-state index is 13.5. The Morgan fingerprint density at radius 1 is 0.871 bits per heavy atom. The number of carbonyl (C=O) groups is 1. The molecule has 0 spiro atoms. The third-order valence-electron chi connectivity index (χ3n) is 5.66. The highest BCUT2D eigenvalue weighted by molar-refractivity contribution is 6.17. The van der Waals surface area contributed by atoms with Crippen molar-refractivity contribution in [1.82, 2.24) is 4.57 Å². The molecule has 4 rings (SSSR count). The van der Waals surface area contributed by atoms with Crippen LogP contribution in [0.1, 0.15) is 32.7 Å². The Bertz CT molecular complexity index is 1220. The van der Waals surface area contributed by atoms with Gasteiger partial charge < -0.3 is 19.1 Å². The lowest BCUT2D eigenvalue weighted by Crippen LogP contribution is -2.06. The third-order valence-corrected chi connectivity index (χ3v) is 5.66. The van der Waals surface area contributed by atoms with Gasteiger partial charge in [0, 0.05) is 28.7 Å². The Balaban J connectivity index is 1.83. The van der Waals surface area contributed by atoms with Crippen LogP contribution in [0.2, 0.25) is 0 Å². The van der Waals surface area contributed by atoms with Gasteiger partial charge in [0.05, 0.1) is 26.4 Å². The van der Waals surface area contributed by atoms with E-state index in [0.29, 0.717) is 29.2 Å². The number of aliphatic hydroxyl groups is 1. The van der Waals surface area contributed by atoms with Gasteiger partial charge in [-0.3, -0.25) is 4.79 Å². The smallest absolute Gasteiger partial charge is 0.195 e. The lowest BCUT2D eigenvalue weighted by molar-refractivity contribution is 0.103. The van der Waals surface area contributed by atoms with E-state index in [1.165, 1.54) is 0 Å². The Kier molecular flexibility index (Phi) is 5.78. The first kappa shape index (κ1) is 20.7. The largest absolute Gasteiger partial charge is 0.497 e. The first-order chi connectivity index (χ1) is 15.0. The molecule has 1 N–H and O–H groups in total. The number of nitrogens with zero attached hydrogens (tertiary/aromatic N) is 1. The minimum atomic E-state index is -0.0345. The third kappa shape index (κ3) is 3.92. The molecule has 4 aromatic rings. The average molecular weight is 415 g/mol. The van der Waals surface area contributed by atoms with E-state index in [1.54, 1.807) is 38.5 Å². The summed E-state index contributed by atoms with van der Waals surface area (Å²) in [4.78, 5) is 13.5. The highest BCUT2D eigenvalue weighted by Gasteiger charge is 2.22. The Morgan fingerprint density at radius 3 is 2.10 bits per heavy atom. The molecule has 0 saturated carbocycles. The molecule has 0 amide bonds. The fourth-order valence-electron chi connectivity index (χ4n) is 3.90. The van der Waals surface area contributed by atoms with Gasteiger partial charge in [0.1, 0.15) is 11.5 Å². The van der Waals surface area contributed by atoms with Gasteiger partial charge in [-0.2, -0.15) is 0 Å². The number of hydrogen-bond acceptors (Lipinski definition) is 4. The second-order valence-corrected chi connectivity index (χ2v) is 7.46. The standard InChI is InChI=1S/C26H25NO4/c1-17-25(26(29)20-8-10-21(30-2)11-9-20)23-14-22(31-3)12-13-24(23)27(17)15-18-4-6-19(16-28)7-5-18/h4-14,28H,15-16H2,1-3H3. The highest BCUT2D eigenvalue weighted by Crippen LogP contribution is 2.32. The van der Waals surface area contributed by atoms with Crippen LogP contribution < -0.4 is 9.47 Å². The molecule has 1 aromatic heterocycles. The minimum Gasteiger partial charge on any atom is -0.497 e. The number of methoxy groups -OCH3 is 2. The normalized spacial score (nSPS) is 11.0. The summed E-state index contributed by atoms with van der Waals surface area (Å²) in [5.41, 5.74) is 5.12. The molecule has 158 valence electrons. The minimum absolute atomic E-state index is 0.0199. The summed E-state index contributed by atoms with van der Waals surface area (Å²) in [6, 6.07) is 20.8. The summed E-state index contributed by atoms with van der Waals surface area (Å²) in [5.74, 6) is 1.39. The maximum atomic E-state index is 13.5. The lowest BCUT2D eigenvalue weighted by Gasteiger charge is -2.10. The fourth-order valence-corrected chi connectivity index (χ4v) is 3.90. The molecular formula is C26H25NO4. The second kappa shape index (κ2) is 8.66. The van der Waals surface area contributed by atoms with Gasteiger partial charge in [0.15, 0.2) is 5.78 Å².